The van der Waals surface area contributed by atoms with Crippen LogP contribution >= 0.6 is 23.1 Å². The second-order valence-corrected chi connectivity index (χ2v) is 6.44. The number of aromatic nitrogens is 2. The van der Waals surface area contributed by atoms with Crippen LogP contribution in [0.1, 0.15) is 0 Å². The minimum Gasteiger partial charge on any atom is -0.443 e. The highest BCUT2D eigenvalue weighted by Gasteiger charge is 2.23. The third-order valence-corrected chi connectivity index (χ3v) is 4.77. The van der Waals surface area contributed by atoms with Gasteiger partial charge in [-0.3, -0.25) is 0 Å². The summed E-state index contributed by atoms with van der Waals surface area (Å²) in [6.07, 6.45) is -0.547. The zero-order valence-electron chi connectivity index (χ0n) is 10.7. The number of halogens is 1. The maximum Gasteiger partial charge on any atom is 0.407 e. The highest BCUT2D eigenvalue weighted by Crippen LogP contribution is 2.29. The number of cyclic esters (lactones) is 1. The summed E-state index contributed by atoms with van der Waals surface area (Å²) in [4.78, 5) is 10.9. The summed E-state index contributed by atoms with van der Waals surface area (Å²) in [7, 11) is 0. The average molecular weight is 326 g/mol. The van der Waals surface area contributed by atoms with Crippen LogP contribution in [0.5, 0.6) is 0 Å². The zero-order valence-corrected chi connectivity index (χ0v) is 12.3. The molecular formula is C12H11FN4O2S2. The molecular weight excluding hydrogens is 315 g/mol. The molecule has 2 heterocycles. The van der Waals surface area contributed by atoms with E-state index in [1.165, 1.54) is 29.2 Å². The van der Waals surface area contributed by atoms with E-state index < -0.39 is 0 Å². The van der Waals surface area contributed by atoms with Gasteiger partial charge in [-0.2, -0.15) is 0 Å². The fourth-order valence-electron chi connectivity index (χ4n) is 1.69. The predicted octanol–water partition coefficient (Wildman–Crippen LogP) is 2.62. The van der Waals surface area contributed by atoms with Crippen LogP contribution in [0.4, 0.5) is 20.0 Å². The number of nitrogens with zero attached hydrogens (tertiary/aromatic N) is 2. The van der Waals surface area contributed by atoms with E-state index in [2.05, 4.69) is 20.8 Å². The Labute approximate surface area is 128 Å². The van der Waals surface area contributed by atoms with Crippen LogP contribution in [-0.4, -0.2) is 34.7 Å². The van der Waals surface area contributed by atoms with Crippen molar-refractivity contribution in [3.05, 3.63) is 30.1 Å². The number of para-hydroxylation sites is 1. The normalized spacial score (nSPS) is 17.4. The molecule has 1 aliphatic heterocycles. The first-order valence-corrected chi connectivity index (χ1v) is 7.93. The molecule has 2 aromatic rings. The Balaban J connectivity index is 1.56. The summed E-state index contributed by atoms with van der Waals surface area (Å²) in [5.74, 6) is 0.262. The molecule has 9 heteroatoms. The minimum absolute atomic E-state index is 0.158. The SMILES string of the molecule is O=C1NC[C@@H](CSc2nnc(Nc3ccccc3F)s2)O1. The molecule has 1 aliphatic rings. The van der Waals surface area contributed by atoms with E-state index in [9.17, 15) is 9.18 Å². The van der Waals surface area contributed by atoms with E-state index in [1.807, 2.05) is 0 Å². The number of hydrogen-bond acceptors (Lipinski definition) is 7. The van der Waals surface area contributed by atoms with E-state index in [0.29, 0.717) is 23.1 Å². The Morgan fingerprint density at radius 3 is 3.10 bits per heavy atom. The van der Waals surface area contributed by atoms with Crippen LogP contribution in [0.3, 0.4) is 0 Å². The smallest absolute Gasteiger partial charge is 0.407 e. The van der Waals surface area contributed by atoms with E-state index in [0.717, 1.165) is 4.34 Å². The molecule has 0 unspecified atom stereocenters. The molecule has 0 radical (unpaired) electrons. The number of benzene rings is 1. The third-order valence-electron chi connectivity index (χ3n) is 2.66. The van der Waals surface area contributed by atoms with E-state index in [-0.39, 0.29) is 18.0 Å². The lowest BCUT2D eigenvalue weighted by molar-refractivity contribution is 0.150. The monoisotopic (exact) mass is 326 g/mol. The van der Waals surface area contributed by atoms with Gasteiger partial charge in [0, 0.05) is 5.75 Å². The molecule has 21 heavy (non-hydrogen) atoms. The number of nitrogens with one attached hydrogen (secondary N) is 2. The largest absolute Gasteiger partial charge is 0.443 e. The van der Waals surface area contributed by atoms with Crippen LogP contribution in [-0.2, 0) is 4.74 Å². The Kier molecular flexibility index (Phi) is 4.20. The molecule has 1 aromatic carbocycles. The molecule has 1 aromatic heterocycles. The summed E-state index contributed by atoms with van der Waals surface area (Å²) in [6, 6.07) is 6.37. The number of rotatable bonds is 5. The van der Waals surface area contributed by atoms with Gasteiger partial charge in [0.1, 0.15) is 11.9 Å². The Hall–Kier alpha value is -1.87. The molecule has 0 saturated carbocycles. The summed E-state index contributed by atoms with van der Waals surface area (Å²) in [5.41, 5.74) is 0.360. The zero-order chi connectivity index (χ0) is 14.7. The lowest BCUT2D eigenvalue weighted by atomic mass is 10.3. The molecule has 1 atom stereocenters. The van der Waals surface area contributed by atoms with Gasteiger partial charge in [0.2, 0.25) is 5.13 Å². The lowest BCUT2D eigenvalue weighted by Crippen LogP contribution is -2.16. The van der Waals surface area contributed by atoms with Gasteiger partial charge in [-0.05, 0) is 12.1 Å². The summed E-state index contributed by atoms with van der Waals surface area (Å²) < 4.78 is 19.3. The fraction of sp³-hybridized carbons (Fsp3) is 0.250. The third kappa shape index (κ3) is 3.61. The molecule has 1 fully saturated rings. The summed E-state index contributed by atoms with van der Waals surface area (Å²) in [5, 5.41) is 14.0. The highest BCUT2D eigenvalue weighted by atomic mass is 32.2. The Morgan fingerprint density at radius 1 is 1.48 bits per heavy atom. The number of carbonyl (C=O) groups excluding carboxylic acids is 1. The van der Waals surface area contributed by atoms with Crippen LogP contribution in [0.2, 0.25) is 0 Å². The standard InChI is InChI=1S/C12H11FN4O2S2/c13-8-3-1-2-4-9(8)15-10-16-17-12(21-10)20-6-7-5-14-11(18)19-7/h1-4,7H,5-6H2,(H,14,18)(H,15,16)/t7-/m0/s1. The topological polar surface area (TPSA) is 76.1 Å². The van der Waals surface area contributed by atoms with E-state index in [4.69, 9.17) is 4.74 Å². The number of carbonyl (C=O) groups is 1. The van der Waals surface area contributed by atoms with Crippen molar-refractivity contribution in [1.82, 2.24) is 15.5 Å². The van der Waals surface area contributed by atoms with Gasteiger partial charge in [-0.15, -0.1) is 10.2 Å². The molecule has 2 N–H and O–H groups in total. The van der Waals surface area contributed by atoms with Crippen molar-refractivity contribution < 1.29 is 13.9 Å². The highest BCUT2D eigenvalue weighted by molar-refractivity contribution is 8.01. The van der Waals surface area contributed by atoms with Crippen molar-refractivity contribution in [3.63, 3.8) is 0 Å². The second-order valence-electron chi connectivity index (χ2n) is 4.20. The maximum absolute atomic E-state index is 13.5. The predicted molar refractivity (Wildman–Crippen MR) is 78.6 cm³/mol. The van der Waals surface area contributed by atoms with Gasteiger partial charge < -0.3 is 15.4 Å². The van der Waals surface area contributed by atoms with Gasteiger partial charge in [0.15, 0.2) is 4.34 Å². The lowest BCUT2D eigenvalue weighted by Gasteiger charge is -2.04. The molecule has 0 aliphatic carbocycles. The van der Waals surface area contributed by atoms with Gasteiger partial charge >= 0.3 is 6.09 Å². The number of hydrogen-bond donors (Lipinski definition) is 2. The van der Waals surface area contributed by atoms with Gasteiger partial charge in [-0.25, -0.2) is 9.18 Å². The van der Waals surface area contributed by atoms with Crippen LogP contribution in [0, 0.1) is 5.82 Å². The first kappa shape index (κ1) is 14.1. The van der Waals surface area contributed by atoms with Gasteiger partial charge in [0.05, 0.1) is 12.2 Å². The van der Waals surface area contributed by atoms with Crippen molar-refractivity contribution in [2.75, 3.05) is 17.6 Å². The average Bonchev–Trinajstić information content (AvgIpc) is 3.08. The van der Waals surface area contributed by atoms with Crippen molar-refractivity contribution in [3.8, 4) is 0 Å². The van der Waals surface area contributed by atoms with Crippen molar-refractivity contribution in [1.29, 1.82) is 0 Å². The Morgan fingerprint density at radius 2 is 2.33 bits per heavy atom. The van der Waals surface area contributed by atoms with Crippen LogP contribution < -0.4 is 10.6 Å². The summed E-state index contributed by atoms with van der Waals surface area (Å²) >= 11 is 2.77. The van der Waals surface area contributed by atoms with Crippen molar-refractivity contribution in [2.45, 2.75) is 10.4 Å². The van der Waals surface area contributed by atoms with Gasteiger partial charge in [-0.1, -0.05) is 35.2 Å². The molecule has 1 amide bonds. The molecule has 1 saturated heterocycles. The molecule has 6 nitrogen and oxygen atoms in total. The van der Waals surface area contributed by atoms with E-state index in [1.54, 1.807) is 18.2 Å². The van der Waals surface area contributed by atoms with E-state index >= 15 is 0 Å². The fourth-order valence-corrected chi connectivity index (χ4v) is 3.46. The maximum atomic E-state index is 13.5. The molecule has 0 spiro atoms. The first-order chi connectivity index (χ1) is 10.2. The van der Waals surface area contributed by atoms with Crippen LogP contribution in [0.15, 0.2) is 28.6 Å². The number of alkyl carbamates (subject to hydrolysis) is 1. The molecule has 0 bridgehead atoms. The number of anilines is 2. The van der Waals surface area contributed by atoms with Crippen LogP contribution in [0.25, 0.3) is 0 Å². The quantitative estimate of drug-likeness (QED) is 0.823. The first-order valence-electron chi connectivity index (χ1n) is 6.13. The van der Waals surface area contributed by atoms with Crippen molar-refractivity contribution in [2.24, 2.45) is 0 Å². The minimum atomic E-state index is -0.389. The molecule has 110 valence electrons. The summed E-state index contributed by atoms with van der Waals surface area (Å²) in [6.45, 7) is 0.505. The Bertz CT molecular complexity index is 652. The number of thioether (sulfide) groups is 1. The number of ether oxygens (including phenoxy) is 1. The molecule has 3 rings (SSSR count). The van der Waals surface area contributed by atoms with Gasteiger partial charge in [0.25, 0.3) is 0 Å². The second kappa shape index (κ2) is 6.27. The number of amides is 1. The van der Waals surface area contributed by atoms with Crippen molar-refractivity contribution >= 4 is 40.0 Å².